The maximum Gasteiger partial charge on any atom is 0.322 e. The van der Waals surface area contributed by atoms with Crippen molar-refractivity contribution in [3.05, 3.63) is 25.3 Å². The summed E-state index contributed by atoms with van der Waals surface area (Å²) in [6, 6.07) is 0. The molecule has 0 aromatic rings. The minimum absolute atomic E-state index is 0.325. The Morgan fingerprint density at radius 2 is 1.91 bits per heavy atom. The maximum absolute atomic E-state index is 10.5. The van der Waals surface area contributed by atoms with Crippen LogP contribution in [0.4, 0.5) is 0 Å². The van der Waals surface area contributed by atoms with Crippen LogP contribution in [0.15, 0.2) is 25.3 Å². The highest BCUT2D eigenvalue weighted by Gasteiger charge is 2.02. The van der Waals surface area contributed by atoms with Gasteiger partial charge in [0.05, 0.1) is 13.1 Å². The molecule has 62 valence electrons. The summed E-state index contributed by atoms with van der Waals surface area (Å²) in [6.07, 6.45) is 3.32. The largest absolute Gasteiger partial charge is 0.368 e. The van der Waals surface area contributed by atoms with E-state index >= 15 is 0 Å². The summed E-state index contributed by atoms with van der Waals surface area (Å²) < 4.78 is 0. The molecule has 0 aromatic carbocycles. The van der Waals surface area contributed by atoms with Gasteiger partial charge in [0.25, 0.3) is 0 Å². The van der Waals surface area contributed by atoms with E-state index in [9.17, 15) is 4.79 Å². The van der Waals surface area contributed by atoms with E-state index in [4.69, 9.17) is 4.84 Å². The van der Waals surface area contributed by atoms with Crippen molar-refractivity contribution in [1.29, 1.82) is 0 Å². The highest BCUT2D eigenvalue weighted by atomic mass is 16.7. The van der Waals surface area contributed by atoms with Gasteiger partial charge < -0.3 is 4.84 Å². The van der Waals surface area contributed by atoms with Crippen LogP contribution in [-0.4, -0.2) is 24.1 Å². The van der Waals surface area contributed by atoms with Crippen LogP contribution in [0.3, 0.4) is 0 Å². The van der Waals surface area contributed by atoms with Gasteiger partial charge in [-0.05, 0) is 0 Å². The van der Waals surface area contributed by atoms with Crippen LogP contribution >= 0.6 is 0 Å². The first-order valence-electron chi connectivity index (χ1n) is 3.36. The van der Waals surface area contributed by atoms with Gasteiger partial charge in [0.15, 0.2) is 0 Å². The van der Waals surface area contributed by atoms with E-state index in [1.807, 2.05) is 0 Å². The summed E-state index contributed by atoms with van der Waals surface area (Å²) in [5.74, 6) is -0.325. The lowest BCUT2D eigenvalue weighted by Crippen LogP contribution is -2.26. The Bertz CT molecular complexity index is 144. The lowest BCUT2D eigenvalue weighted by atomic mass is 10.5. The van der Waals surface area contributed by atoms with Gasteiger partial charge in [-0.3, -0.25) is 4.79 Å². The molecule has 0 aromatic heterocycles. The molecule has 0 saturated heterocycles. The second kappa shape index (κ2) is 5.68. The van der Waals surface area contributed by atoms with Gasteiger partial charge in [-0.2, -0.15) is 0 Å². The molecule has 0 saturated carbocycles. The van der Waals surface area contributed by atoms with Crippen molar-refractivity contribution >= 4 is 5.97 Å². The van der Waals surface area contributed by atoms with Gasteiger partial charge in [0, 0.05) is 6.92 Å². The Morgan fingerprint density at radius 1 is 1.45 bits per heavy atom. The van der Waals surface area contributed by atoms with Gasteiger partial charge in [0.2, 0.25) is 0 Å². The molecule has 3 heteroatoms. The van der Waals surface area contributed by atoms with Gasteiger partial charge in [-0.1, -0.05) is 12.2 Å². The SMILES string of the molecule is C=CCN(CC=C)OC(C)=O. The Hall–Kier alpha value is -1.09. The van der Waals surface area contributed by atoms with Crippen LogP contribution < -0.4 is 0 Å². The molecule has 3 nitrogen and oxygen atoms in total. The fourth-order valence-corrected chi connectivity index (χ4v) is 0.619. The maximum atomic E-state index is 10.5. The van der Waals surface area contributed by atoms with Crippen LogP contribution in [0.5, 0.6) is 0 Å². The predicted octanol–water partition coefficient (Wildman–Crippen LogP) is 1.14. The van der Waals surface area contributed by atoms with Crippen LogP contribution in [-0.2, 0) is 9.63 Å². The zero-order valence-corrected chi connectivity index (χ0v) is 6.75. The van der Waals surface area contributed by atoms with Gasteiger partial charge in [-0.15, -0.1) is 18.2 Å². The fourth-order valence-electron chi connectivity index (χ4n) is 0.619. The minimum atomic E-state index is -0.325. The summed E-state index contributed by atoms with van der Waals surface area (Å²) in [4.78, 5) is 15.3. The zero-order valence-electron chi connectivity index (χ0n) is 6.75. The fraction of sp³-hybridized carbons (Fsp3) is 0.375. The van der Waals surface area contributed by atoms with E-state index in [1.54, 1.807) is 12.2 Å². The third kappa shape index (κ3) is 5.36. The molecule has 0 unspecified atom stereocenters. The molecule has 0 spiro atoms. The lowest BCUT2D eigenvalue weighted by molar-refractivity contribution is -0.182. The van der Waals surface area contributed by atoms with E-state index in [2.05, 4.69) is 13.2 Å². The second-order valence-electron chi connectivity index (χ2n) is 2.01. The van der Waals surface area contributed by atoms with E-state index in [0.29, 0.717) is 13.1 Å². The number of hydroxylamine groups is 2. The van der Waals surface area contributed by atoms with Crippen molar-refractivity contribution in [3.63, 3.8) is 0 Å². The van der Waals surface area contributed by atoms with E-state index in [-0.39, 0.29) is 5.97 Å². The molecular weight excluding hydrogens is 142 g/mol. The van der Waals surface area contributed by atoms with Gasteiger partial charge in [0.1, 0.15) is 0 Å². The monoisotopic (exact) mass is 155 g/mol. The molecule has 0 N–H and O–H groups in total. The van der Waals surface area contributed by atoms with Crippen molar-refractivity contribution in [3.8, 4) is 0 Å². The number of hydrogen-bond donors (Lipinski definition) is 0. The van der Waals surface area contributed by atoms with Crippen LogP contribution in [0.25, 0.3) is 0 Å². The molecule has 0 aliphatic rings. The molecule has 0 amide bonds. The first-order chi connectivity index (χ1) is 5.20. The highest BCUT2D eigenvalue weighted by molar-refractivity contribution is 5.65. The van der Waals surface area contributed by atoms with Crippen molar-refractivity contribution in [2.24, 2.45) is 0 Å². The molecule has 0 rings (SSSR count). The predicted molar refractivity (Wildman–Crippen MR) is 43.7 cm³/mol. The standard InChI is InChI=1S/C8H13NO2/c1-4-6-9(7-5-2)11-8(3)10/h4-5H,1-2,6-7H2,3H3. The van der Waals surface area contributed by atoms with Crippen LogP contribution in [0, 0.1) is 0 Å². The Morgan fingerprint density at radius 3 is 2.18 bits per heavy atom. The summed E-state index contributed by atoms with van der Waals surface area (Å²) >= 11 is 0. The van der Waals surface area contributed by atoms with Crippen molar-refractivity contribution in [1.82, 2.24) is 5.06 Å². The summed E-state index contributed by atoms with van der Waals surface area (Å²) in [5, 5.41) is 1.47. The Labute approximate surface area is 66.9 Å². The quantitative estimate of drug-likeness (QED) is 0.440. The summed E-state index contributed by atoms with van der Waals surface area (Å²) in [5.41, 5.74) is 0. The molecule has 11 heavy (non-hydrogen) atoms. The van der Waals surface area contributed by atoms with Crippen LogP contribution in [0.2, 0.25) is 0 Å². The average molecular weight is 155 g/mol. The Kier molecular flexibility index (Phi) is 5.11. The number of nitrogens with zero attached hydrogens (tertiary/aromatic N) is 1. The van der Waals surface area contributed by atoms with Gasteiger partial charge in [-0.25, -0.2) is 0 Å². The number of hydrogen-bond acceptors (Lipinski definition) is 3. The molecule has 0 fully saturated rings. The normalized spacial score (nSPS) is 9.27. The number of carbonyl (C=O) groups is 1. The molecular formula is C8H13NO2. The minimum Gasteiger partial charge on any atom is -0.368 e. The van der Waals surface area contributed by atoms with E-state index in [0.717, 1.165) is 0 Å². The van der Waals surface area contributed by atoms with Crippen molar-refractivity contribution in [2.45, 2.75) is 6.92 Å². The lowest BCUT2D eigenvalue weighted by Gasteiger charge is -2.15. The smallest absolute Gasteiger partial charge is 0.322 e. The Balaban J connectivity index is 3.76. The van der Waals surface area contributed by atoms with E-state index in [1.165, 1.54) is 12.0 Å². The number of carbonyl (C=O) groups excluding carboxylic acids is 1. The summed E-state index contributed by atoms with van der Waals surface area (Å²) in [7, 11) is 0. The third-order valence-corrected chi connectivity index (χ3v) is 0.923. The molecule has 0 heterocycles. The summed E-state index contributed by atoms with van der Waals surface area (Å²) in [6.45, 7) is 9.44. The van der Waals surface area contributed by atoms with Crippen LogP contribution in [0.1, 0.15) is 6.92 Å². The molecule has 0 aliphatic heterocycles. The number of rotatable bonds is 5. The van der Waals surface area contributed by atoms with Crippen molar-refractivity contribution in [2.75, 3.05) is 13.1 Å². The topological polar surface area (TPSA) is 29.5 Å². The van der Waals surface area contributed by atoms with Gasteiger partial charge >= 0.3 is 5.97 Å². The molecule has 0 atom stereocenters. The molecule has 0 radical (unpaired) electrons. The second-order valence-corrected chi connectivity index (χ2v) is 2.01. The molecule has 0 aliphatic carbocycles. The first kappa shape index (κ1) is 9.91. The zero-order chi connectivity index (χ0) is 8.69. The molecule has 0 bridgehead atoms. The van der Waals surface area contributed by atoms with Crippen molar-refractivity contribution < 1.29 is 9.63 Å². The van der Waals surface area contributed by atoms with E-state index < -0.39 is 0 Å². The highest BCUT2D eigenvalue weighted by Crippen LogP contribution is 1.91. The third-order valence-electron chi connectivity index (χ3n) is 0.923. The first-order valence-corrected chi connectivity index (χ1v) is 3.36. The average Bonchev–Trinajstić information content (AvgIpc) is 1.87.